The molecule has 0 aliphatic carbocycles. The van der Waals surface area contributed by atoms with Gasteiger partial charge in [0, 0.05) is 0 Å². The minimum atomic E-state index is -0.415. The van der Waals surface area contributed by atoms with Crippen LogP contribution in [0.1, 0.15) is 18.8 Å². The van der Waals surface area contributed by atoms with E-state index in [1.54, 1.807) is 22.8 Å². The van der Waals surface area contributed by atoms with Crippen LogP contribution in [0.5, 0.6) is 0 Å². The molecule has 0 saturated heterocycles. The summed E-state index contributed by atoms with van der Waals surface area (Å²) in [6.45, 7) is 1.82. The Bertz CT molecular complexity index is 1180. The maximum atomic E-state index is 13.3. The third kappa shape index (κ3) is 3.14. The van der Waals surface area contributed by atoms with Crippen LogP contribution in [-0.2, 0) is 0 Å². The number of hydrogen-bond acceptors (Lipinski definition) is 3. The van der Waals surface area contributed by atoms with E-state index in [1.165, 1.54) is 0 Å². The Morgan fingerprint density at radius 1 is 0.963 bits per heavy atom. The Balaban J connectivity index is 2.02. The number of halogens is 1. The minimum absolute atomic E-state index is 0.219. The lowest BCUT2D eigenvalue weighted by molar-refractivity contribution is 0.696. The number of nitrogens with zero attached hydrogens (tertiary/aromatic N) is 2. The maximum absolute atomic E-state index is 13.3. The second-order valence-electron chi connectivity index (χ2n) is 6.45. The number of benzene rings is 3. The quantitative estimate of drug-likeness (QED) is 0.563. The van der Waals surface area contributed by atoms with Gasteiger partial charge < -0.3 is 5.73 Å². The monoisotopic (exact) mass is 375 g/mol. The van der Waals surface area contributed by atoms with Crippen LogP contribution in [0.3, 0.4) is 0 Å². The third-order valence-electron chi connectivity index (χ3n) is 4.49. The van der Waals surface area contributed by atoms with Crippen LogP contribution in [0.15, 0.2) is 77.6 Å². The molecule has 27 heavy (non-hydrogen) atoms. The first-order valence-electron chi connectivity index (χ1n) is 8.69. The van der Waals surface area contributed by atoms with E-state index in [0.29, 0.717) is 27.4 Å². The molecule has 0 aliphatic heterocycles. The van der Waals surface area contributed by atoms with E-state index in [2.05, 4.69) is 4.98 Å². The second kappa shape index (κ2) is 6.99. The molecule has 0 fully saturated rings. The van der Waals surface area contributed by atoms with E-state index in [9.17, 15) is 4.79 Å². The van der Waals surface area contributed by atoms with Crippen LogP contribution in [0, 0.1) is 0 Å². The van der Waals surface area contributed by atoms with Crippen LogP contribution in [0.2, 0.25) is 5.02 Å². The number of nitrogens with two attached hydrogens (primary N) is 1. The normalized spacial score (nSPS) is 12.3. The summed E-state index contributed by atoms with van der Waals surface area (Å²) in [6, 6.07) is 22.6. The first-order valence-corrected chi connectivity index (χ1v) is 9.06. The van der Waals surface area contributed by atoms with Gasteiger partial charge in [-0.15, -0.1) is 0 Å². The van der Waals surface area contributed by atoms with Crippen molar-refractivity contribution >= 4 is 22.5 Å². The highest BCUT2D eigenvalue weighted by atomic mass is 35.5. The average Bonchev–Trinajstić information content (AvgIpc) is 2.68. The van der Waals surface area contributed by atoms with Gasteiger partial charge in [-0.1, -0.05) is 60.1 Å². The van der Waals surface area contributed by atoms with Gasteiger partial charge in [-0.05, 0) is 42.3 Å². The van der Waals surface area contributed by atoms with E-state index in [4.69, 9.17) is 17.3 Å². The summed E-state index contributed by atoms with van der Waals surface area (Å²) in [5.41, 5.74) is 9.27. The molecular weight excluding hydrogens is 358 g/mol. The Labute approximate surface area is 161 Å². The van der Waals surface area contributed by atoms with Gasteiger partial charge in [-0.3, -0.25) is 9.36 Å². The molecule has 3 aromatic carbocycles. The highest BCUT2D eigenvalue weighted by Crippen LogP contribution is 2.25. The highest BCUT2D eigenvalue weighted by molar-refractivity contribution is 6.35. The average molecular weight is 376 g/mol. The van der Waals surface area contributed by atoms with Crippen molar-refractivity contribution in [2.75, 3.05) is 0 Å². The highest BCUT2D eigenvalue weighted by Gasteiger charge is 2.17. The van der Waals surface area contributed by atoms with Crippen molar-refractivity contribution in [2.24, 2.45) is 5.73 Å². The minimum Gasteiger partial charge on any atom is -0.322 e. The van der Waals surface area contributed by atoms with Crippen LogP contribution in [-0.4, -0.2) is 9.55 Å². The molecule has 4 nitrogen and oxygen atoms in total. The summed E-state index contributed by atoms with van der Waals surface area (Å²) in [5, 5.41) is 0.780. The van der Waals surface area contributed by atoms with E-state index in [0.717, 1.165) is 11.1 Å². The maximum Gasteiger partial charge on any atom is 0.267 e. The lowest BCUT2D eigenvalue weighted by Gasteiger charge is -2.17. The third-order valence-corrected chi connectivity index (χ3v) is 4.81. The predicted molar refractivity (Wildman–Crippen MR) is 110 cm³/mol. The van der Waals surface area contributed by atoms with Crippen molar-refractivity contribution in [1.82, 2.24) is 9.55 Å². The predicted octanol–water partition coefficient (Wildman–Crippen LogP) is 4.73. The van der Waals surface area contributed by atoms with Gasteiger partial charge in [0.05, 0.1) is 27.7 Å². The van der Waals surface area contributed by atoms with Crippen molar-refractivity contribution in [3.05, 3.63) is 94.0 Å². The molecule has 0 saturated carbocycles. The molecular formula is C22H18ClN3O. The molecule has 0 aliphatic rings. The van der Waals surface area contributed by atoms with Gasteiger partial charge in [-0.25, -0.2) is 4.98 Å². The van der Waals surface area contributed by atoms with Gasteiger partial charge >= 0.3 is 0 Å². The largest absolute Gasteiger partial charge is 0.322 e. The summed E-state index contributed by atoms with van der Waals surface area (Å²) >= 11 is 6.30. The Hall–Kier alpha value is -2.95. The molecule has 1 heterocycles. The summed E-state index contributed by atoms with van der Waals surface area (Å²) in [5.74, 6) is 0.500. The van der Waals surface area contributed by atoms with E-state index in [-0.39, 0.29) is 5.56 Å². The zero-order valence-corrected chi connectivity index (χ0v) is 15.5. The number of fused-ring (bicyclic) bond motifs is 1. The van der Waals surface area contributed by atoms with Crippen LogP contribution >= 0.6 is 11.6 Å². The van der Waals surface area contributed by atoms with E-state index in [1.807, 2.05) is 61.5 Å². The zero-order valence-electron chi connectivity index (χ0n) is 14.8. The topological polar surface area (TPSA) is 60.9 Å². The molecule has 0 spiro atoms. The molecule has 1 atom stereocenters. The summed E-state index contributed by atoms with van der Waals surface area (Å²) in [6.07, 6.45) is 0. The number of hydrogen-bond donors (Lipinski definition) is 1. The van der Waals surface area contributed by atoms with Crippen molar-refractivity contribution in [3.63, 3.8) is 0 Å². The van der Waals surface area contributed by atoms with Crippen molar-refractivity contribution < 1.29 is 0 Å². The second-order valence-corrected chi connectivity index (χ2v) is 6.86. The standard InChI is InChI=1S/C22H18ClN3O/c1-14(24)21-25-19-12-6-11-18(23)20(19)22(27)26(21)17-10-5-9-16(13-17)15-7-3-2-4-8-15/h2-14H,24H2,1H3. The molecule has 1 unspecified atom stereocenters. The lowest BCUT2D eigenvalue weighted by Crippen LogP contribution is -2.27. The van der Waals surface area contributed by atoms with E-state index >= 15 is 0 Å². The van der Waals surface area contributed by atoms with Gasteiger partial charge in [0.25, 0.3) is 5.56 Å². The molecule has 4 rings (SSSR count). The molecule has 0 bridgehead atoms. The Kier molecular flexibility index (Phi) is 4.52. The van der Waals surface area contributed by atoms with Crippen molar-refractivity contribution in [3.8, 4) is 16.8 Å². The zero-order chi connectivity index (χ0) is 19.0. The van der Waals surface area contributed by atoms with Crippen LogP contribution < -0.4 is 11.3 Å². The van der Waals surface area contributed by atoms with Gasteiger partial charge in [-0.2, -0.15) is 0 Å². The molecule has 0 amide bonds. The smallest absolute Gasteiger partial charge is 0.267 e. The van der Waals surface area contributed by atoms with Crippen molar-refractivity contribution in [2.45, 2.75) is 13.0 Å². The fraction of sp³-hybridized carbons (Fsp3) is 0.0909. The molecule has 134 valence electrons. The number of aromatic nitrogens is 2. The van der Waals surface area contributed by atoms with Gasteiger partial charge in [0.15, 0.2) is 0 Å². The summed E-state index contributed by atoms with van der Waals surface area (Å²) in [4.78, 5) is 17.9. The molecule has 5 heteroatoms. The summed E-state index contributed by atoms with van der Waals surface area (Å²) < 4.78 is 1.56. The Morgan fingerprint density at radius 3 is 2.41 bits per heavy atom. The molecule has 2 N–H and O–H groups in total. The fourth-order valence-electron chi connectivity index (χ4n) is 3.22. The van der Waals surface area contributed by atoms with Gasteiger partial charge in [0.1, 0.15) is 5.82 Å². The van der Waals surface area contributed by atoms with Crippen LogP contribution in [0.4, 0.5) is 0 Å². The van der Waals surface area contributed by atoms with Gasteiger partial charge in [0.2, 0.25) is 0 Å². The van der Waals surface area contributed by atoms with Crippen molar-refractivity contribution in [1.29, 1.82) is 0 Å². The Morgan fingerprint density at radius 2 is 1.67 bits per heavy atom. The number of rotatable bonds is 3. The first kappa shape index (κ1) is 17.5. The molecule has 1 aromatic heterocycles. The van der Waals surface area contributed by atoms with Crippen LogP contribution in [0.25, 0.3) is 27.7 Å². The fourth-order valence-corrected chi connectivity index (χ4v) is 3.47. The summed E-state index contributed by atoms with van der Waals surface area (Å²) in [7, 11) is 0. The molecule has 0 radical (unpaired) electrons. The van der Waals surface area contributed by atoms with E-state index < -0.39 is 6.04 Å². The SMILES string of the molecule is CC(N)c1nc2cccc(Cl)c2c(=O)n1-c1cccc(-c2ccccc2)c1. The first-order chi connectivity index (χ1) is 13.1. The molecule has 4 aromatic rings. The lowest BCUT2D eigenvalue weighted by atomic mass is 10.0.